The van der Waals surface area contributed by atoms with E-state index >= 15 is 0 Å². The zero-order valence-corrected chi connectivity index (χ0v) is 11.9. The number of amides is 1. The number of carbonyl (C=O) groups is 1. The first-order valence-electron chi connectivity index (χ1n) is 6.95. The van der Waals surface area contributed by atoms with E-state index in [4.69, 9.17) is 4.74 Å². The van der Waals surface area contributed by atoms with Crippen LogP contribution in [0.4, 0.5) is 4.39 Å². The Morgan fingerprint density at radius 3 is 2.52 bits per heavy atom. The van der Waals surface area contributed by atoms with Gasteiger partial charge >= 0.3 is 0 Å². The maximum absolute atomic E-state index is 13.4. The van der Waals surface area contributed by atoms with Crippen molar-refractivity contribution in [3.05, 3.63) is 65.5 Å². The van der Waals surface area contributed by atoms with Crippen LogP contribution in [0.25, 0.3) is 0 Å². The highest BCUT2D eigenvalue weighted by Crippen LogP contribution is 2.13. The average molecular weight is 287 g/mol. The van der Waals surface area contributed by atoms with Crippen molar-refractivity contribution in [1.82, 2.24) is 5.32 Å². The second-order valence-corrected chi connectivity index (χ2v) is 4.65. The number of nitrogens with one attached hydrogen (secondary N) is 1. The van der Waals surface area contributed by atoms with Gasteiger partial charge in [0.2, 0.25) is 0 Å². The van der Waals surface area contributed by atoms with E-state index < -0.39 is 0 Å². The third-order valence-electron chi connectivity index (χ3n) is 2.99. The molecule has 0 saturated heterocycles. The predicted molar refractivity (Wildman–Crippen MR) is 79.8 cm³/mol. The highest BCUT2D eigenvalue weighted by Gasteiger charge is 2.07. The van der Waals surface area contributed by atoms with Gasteiger partial charge in [0.1, 0.15) is 11.6 Å². The summed E-state index contributed by atoms with van der Waals surface area (Å²) < 4.78 is 18.9. The summed E-state index contributed by atoms with van der Waals surface area (Å²) in [7, 11) is 0. The predicted octanol–water partition coefficient (Wildman–Crippen LogP) is 3.54. The molecule has 3 nitrogen and oxygen atoms in total. The van der Waals surface area contributed by atoms with Crippen molar-refractivity contribution in [2.45, 2.75) is 19.9 Å². The molecule has 0 atom stereocenters. The Hall–Kier alpha value is -2.36. The smallest absolute Gasteiger partial charge is 0.251 e. The number of carbonyl (C=O) groups excluding carboxylic acids is 1. The summed E-state index contributed by atoms with van der Waals surface area (Å²) >= 11 is 0. The first kappa shape index (κ1) is 15.0. The van der Waals surface area contributed by atoms with E-state index in [1.165, 1.54) is 6.07 Å². The summed E-state index contributed by atoms with van der Waals surface area (Å²) in [5.74, 6) is 0.184. The van der Waals surface area contributed by atoms with Gasteiger partial charge in [0, 0.05) is 17.7 Å². The van der Waals surface area contributed by atoms with Crippen LogP contribution in [0.5, 0.6) is 5.75 Å². The molecule has 0 spiro atoms. The molecule has 0 bridgehead atoms. The summed E-state index contributed by atoms with van der Waals surface area (Å²) in [4.78, 5) is 12.0. The number of hydrogen-bond acceptors (Lipinski definition) is 2. The van der Waals surface area contributed by atoms with Gasteiger partial charge in [-0.3, -0.25) is 4.79 Å². The maximum atomic E-state index is 13.4. The number of rotatable bonds is 6. The summed E-state index contributed by atoms with van der Waals surface area (Å²) in [6.07, 6.45) is 0.935. The third kappa shape index (κ3) is 4.31. The van der Waals surface area contributed by atoms with Gasteiger partial charge in [0.25, 0.3) is 5.91 Å². The molecule has 0 radical (unpaired) electrons. The Morgan fingerprint density at radius 2 is 1.86 bits per heavy atom. The van der Waals surface area contributed by atoms with E-state index in [2.05, 4.69) is 5.32 Å². The van der Waals surface area contributed by atoms with E-state index in [0.717, 1.165) is 12.2 Å². The monoisotopic (exact) mass is 287 g/mol. The second kappa shape index (κ2) is 7.43. The molecule has 0 aliphatic rings. The molecular formula is C17H18FNO2. The summed E-state index contributed by atoms with van der Waals surface area (Å²) in [5, 5.41) is 2.70. The number of halogens is 1. The van der Waals surface area contributed by atoms with Crippen LogP contribution in [0.15, 0.2) is 48.5 Å². The van der Waals surface area contributed by atoms with Crippen LogP contribution in [0.2, 0.25) is 0 Å². The van der Waals surface area contributed by atoms with Crippen LogP contribution in [-0.2, 0) is 6.54 Å². The van der Waals surface area contributed by atoms with E-state index in [-0.39, 0.29) is 18.3 Å². The largest absolute Gasteiger partial charge is 0.494 e. The van der Waals surface area contributed by atoms with Crippen molar-refractivity contribution < 1.29 is 13.9 Å². The lowest BCUT2D eigenvalue weighted by atomic mass is 10.2. The van der Waals surface area contributed by atoms with Crippen molar-refractivity contribution in [3.63, 3.8) is 0 Å². The average Bonchev–Trinajstić information content (AvgIpc) is 2.52. The van der Waals surface area contributed by atoms with Crippen LogP contribution in [-0.4, -0.2) is 12.5 Å². The maximum Gasteiger partial charge on any atom is 0.251 e. The molecule has 1 amide bonds. The van der Waals surface area contributed by atoms with Crippen molar-refractivity contribution in [2.24, 2.45) is 0 Å². The van der Waals surface area contributed by atoms with E-state index in [0.29, 0.717) is 17.7 Å². The Balaban J connectivity index is 1.93. The molecule has 21 heavy (non-hydrogen) atoms. The molecule has 0 heterocycles. The Labute approximate surface area is 123 Å². The lowest BCUT2D eigenvalue weighted by molar-refractivity contribution is 0.0950. The quantitative estimate of drug-likeness (QED) is 0.882. The third-order valence-corrected chi connectivity index (χ3v) is 2.99. The molecule has 0 unspecified atom stereocenters. The minimum absolute atomic E-state index is 0.166. The lowest BCUT2D eigenvalue weighted by Crippen LogP contribution is -2.23. The Kier molecular flexibility index (Phi) is 5.32. The number of ether oxygens (including phenoxy) is 1. The minimum Gasteiger partial charge on any atom is -0.494 e. The molecular weight excluding hydrogens is 269 g/mol. The summed E-state index contributed by atoms with van der Waals surface area (Å²) in [5.41, 5.74) is 0.990. The zero-order chi connectivity index (χ0) is 15.1. The number of benzene rings is 2. The van der Waals surface area contributed by atoms with Gasteiger partial charge in [-0.05, 0) is 36.8 Å². The molecule has 4 heteroatoms. The fraction of sp³-hybridized carbons (Fsp3) is 0.235. The van der Waals surface area contributed by atoms with Gasteiger partial charge in [0.15, 0.2) is 0 Å². The summed E-state index contributed by atoms with van der Waals surface area (Å²) in [6, 6.07) is 13.3. The van der Waals surface area contributed by atoms with Crippen molar-refractivity contribution in [2.75, 3.05) is 6.61 Å². The number of hydrogen-bond donors (Lipinski definition) is 1. The molecule has 110 valence electrons. The molecule has 2 aromatic rings. The highest BCUT2D eigenvalue weighted by molar-refractivity contribution is 5.94. The normalized spacial score (nSPS) is 10.2. The van der Waals surface area contributed by atoms with Gasteiger partial charge in [-0.2, -0.15) is 0 Å². The molecule has 2 rings (SSSR count). The second-order valence-electron chi connectivity index (χ2n) is 4.65. The van der Waals surface area contributed by atoms with Gasteiger partial charge in [-0.15, -0.1) is 0 Å². The van der Waals surface area contributed by atoms with Crippen LogP contribution >= 0.6 is 0 Å². The Bertz CT molecular complexity index is 596. The van der Waals surface area contributed by atoms with E-state index in [1.807, 2.05) is 6.92 Å². The molecule has 0 aliphatic heterocycles. The van der Waals surface area contributed by atoms with Crippen LogP contribution in [0, 0.1) is 5.82 Å². The highest BCUT2D eigenvalue weighted by atomic mass is 19.1. The molecule has 0 saturated carbocycles. The zero-order valence-electron chi connectivity index (χ0n) is 11.9. The van der Waals surface area contributed by atoms with Gasteiger partial charge < -0.3 is 10.1 Å². The fourth-order valence-corrected chi connectivity index (χ4v) is 1.84. The Morgan fingerprint density at radius 1 is 1.14 bits per heavy atom. The molecule has 0 aliphatic carbocycles. The van der Waals surface area contributed by atoms with Crippen LogP contribution in [0.3, 0.4) is 0 Å². The van der Waals surface area contributed by atoms with Gasteiger partial charge in [0.05, 0.1) is 6.61 Å². The van der Waals surface area contributed by atoms with Crippen LogP contribution in [0.1, 0.15) is 29.3 Å². The van der Waals surface area contributed by atoms with Crippen LogP contribution < -0.4 is 10.1 Å². The standard InChI is InChI=1S/C17H18FNO2/c1-2-11-21-15-9-7-13(8-10-15)17(20)19-12-14-5-3-4-6-16(14)18/h3-10H,2,11-12H2,1H3,(H,19,20). The first-order chi connectivity index (χ1) is 10.2. The fourth-order valence-electron chi connectivity index (χ4n) is 1.84. The lowest BCUT2D eigenvalue weighted by Gasteiger charge is -2.08. The van der Waals surface area contributed by atoms with E-state index in [1.54, 1.807) is 42.5 Å². The van der Waals surface area contributed by atoms with Crippen molar-refractivity contribution >= 4 is 5.91 Å². The first-order valence-corrected chi connectivity index (χ1v) is 6.95. The van der Waals surface area contributed by atoms with Crippen molar-refractivity contribution in [3.8, 4) is 5.75 Å². The SMILES string of the molecule is CCCOc1ccc(C(=O)NCc2ccccc2F)cc1. The van der Waals surface area contributed by atoms with Gasteiger partial charge in [-0.1, -0.05) is 25.1 Å². The molecule has 1 N–H and O–H groups in total. The minimum atomic E-state index is -0.318. The summed E-state index contributed by atoms with van der Waals surface area (Å²) in [6.45, 7) is 2.85. The van der Waals surface area contributed by atoms with Gasteiger partial charge in [-0.25, -0.2) is 4.39 Å². The topological polar surface area (TPSA) is 38.3 Å². The molecule has 2 aromatic carbocycles. The molecule has 0 fully saturated rings. The van der Waals surface area contributed by atoms with E-state index in [9.17, 15) is 9.18 Å². The molecule has 0 aromatic heterocycles. The van der Waals surface area contributed by atoms with Crippen molar-refractivity contribution in [1.29, 1.82) is 0 Å².